The second kappa shape index (κ2) is 2.13. The summed E-state index contributed by atoms with van der Waals surface area (Å²) in [7, 11) is 0. The van der Waals surface area contributed by atoms with Crippen molar-refractivity contribution in [3.05, 3.63) is 26.8 Å². The number of hydrogen-bond donors (Lipinski definition) is 0. The minimum absolute atomic E-state index is 1.12. The quantitative estimate of drug-likeness (QED) is 0.593. The lowest BCUT2D eigenvalue weighted by atomic mass is 10.4. The van der Waals surface area contributed by atoms with Crippen LogP contribution in [0.2, 0.25) is 0 Å². The molecule has 37 valence electrons. The number of halogens is 1. The Morgan fingerprint density at radius 3 is 2.57 bits per heavy atom. The van der Waals surface area contributed by atoms with Gasteiger partial charge < -0.3 is 0 Å². The Labute approximate surface area is 60.7 Å². The fourth-order valence-electron chi connectivity index (χ4n) is 0.346. The van der Waals surface area contributed by atoms with Gasteiger partial charge in [-0.15, -0.1) is 11.3 Å². The SMILES string of the molecule is [CH2]c1csc(I)c1. The average Bonchev–Trinajstić information content (AvgIpc) is 1.87. The second-order valence-corrected chi connectivity index (χ2v) is 4.06. The number of rotatable bonds is 0. The molecule has 0 N–H and O–H groups in total. The zero-order chi connectivity index (χ0) is 5.28. The largest absolute Gasteiger partial charge is 0.137 e. The summed E-state index contributed by atoms with van der Waals surface area (Å²) in [5, 5.41) is 2.04. The summed E-state index contributed by atoms with van der Waals surface area (Å²) >= 11 is 4.01. The molecule has 1 aromatic heterocycles. The van der Waals surface area contributed by atoms with Crippen LogP contribution in [-0.4, -0.2) is 0 Å². The number of hydrogen-bond acceptors (Lipinski definition) is 1. The summed E-state index contributed by atoms with van der Waals surface area (Å²) < 4.78 is 1.31. The van der Waals surface area contributed by atoms with Crippen molar-refractivity contribution < 1.29 is 0 Å². The maximum atomic E-state index is 3.75. The van der Waals surface area contributed by atoms with Crippen LogP contribution in [0.25, 0.3) is 0 Å². The molecule has 0 aliphatic carbocycles. The van der Waals surface area contributed by atoms with E-state index in [4.69, 9.17) is 0 Å². The Morgan fingerprint density at radius 1 is 1.71 bits per heavy atom. The van der Waals surface area contributed by atoms with Gasteiger partial charge in [0, 0.05) is 0 Å². The molecule has 0 aromatic carbocycles. The van der Waals surface area contributed by atoms with Crippen LogP contribution in [0, 0.1) is 9.81 Å². The molecule has 0 spiro atoms. The van der Waals surface area contributed by atoms with Gasteiger partial charge in [-0.3, -0.25) is 0 Å². The molecule has 1 rings (SSSR count). The molecule has 0 unspecified atom stereocenters. The monoisotopic (exact) mass is 223 g/mol. The molecule has 1 heterocycles. The first-order chi connectivity index (χ1) is 3.29. The van der Waals surface area contributed by atoms with Crippen molar-refractivity contribution in [1.29, 1.82) is 0 Å². The molecule has 1 aromatic rings. The maximum Gasteiger partial charge on any atom is 0.0656 e. The van der Waals surface area contributed by atoms with Crippen LogP contribution in [0.15, 0.2) is 11.4 Å². The first-order valence-corrected chi connectivity index (χ1v) is 3.81. The molecule has 0 amide bonds. The van der Waals surface area contributed by atoms with Crippen molar-refractivity contribution in [1.82, 2.24) is 0 Å². The van der Waals surface area contributed by atoms with Gasteiger partial charge in [-0.05, 0) is 46.5 Å². The Morgan fingerprint density at radius 2 is 2.43 bits per heavy atom. The zero-order valence-electron chi connectivity index (χ0n) is 3.65. The molecule has 0 nitrogen and oxygen atoms in total. The highest BCUT2D eigenvalue weighted by atomic mass is 127. The summed E-state index contributed by atoms with van der Waals surface area (Å²) in [6.45, 7) is 3.75. The van der Waals surface area contributed by atoms with E-state index in [9.17, 15) is 0 Å². The summed E-state index contributed by atoms with van der Waals surface area (Å²) in [4.78, 5) is 0. The standard InChI is InChI=1S/C5H4IS/c1-4-2-5(6)7-3-4/h2-3H,1H2. The third kappa shape index (κ3) is 1.42. The van der Waals surface area contributed by atoms with Crippen molar-refractivity contribution in [2.45, 2.75) is 0 Å². The Hall–Kier alpha value is 0.430. The van der Waals surface area contributed by atoms with Crippen LogP contribution in [0.3, 0.4) is 0 Å². The first kappa shape index (κ1) is 5.56. The van der Waals surface area contributed by atoms with E-state index < -0.39 is 0 Å². The molecule has 2 heteroatoms. The molecule has 0 saturated heterocycles. The summed E-state index contributed by atoms with van der Waals surface area (Å²) in [5.74, 6) is 0. The highest BCUT2D eigenvalue weighted by molar-refractivity contribution is 14.1. The molecular weight excluding hydrogens is 219 g/mol. The van der Waals surface area contributed by atoms with Gasteiger partial charge >= 0.3 is 0 Å². The second-order valence-electron chi connectivity index (χ2n) is 1.26. The predicted octanol–water partition coefficient (Wildman–Crippen LogP) is 2.53. The molecule has 0 fully saturated rings. The van der Waals surface area contributed by atoms with Crippen LogP contribution < -0.4 is 0 Å². The van der Waals surface area contributed by atoms with Crippen LogP contribution in [-0.2, 0) is 0 Å². The molecular formula is C5H4IS. The van der Waals surface area contributed by atoms with E-state index in [1.54, 1.807) is 11.3 Å². The van der Waals surface area contributed by atoms with E-state index in [2.05, 4.69) is 35.6 Å². The molecule has 1 radical (unpaired) electrons. The lowest BCUT2D eigenvalue weighted by Gasteiger charge is -1.68. The smallest absolute Gasteiger partial charge is 0.0656 e. The Kier molecular flexibility index (Phi) is 1.69. The third-order valence-electron chi connectivity index (χ3n) is 0.622. The normalized spacial score (nSPS) is 9.43. The van der Waals surface area contributed by atoms with Crippen molar-refractivity contribution in [2.24, 2.45) is 0 Å². The lowest BCUT2D eigenvalue weighted by Crippen LogP contribution is -1.52. The highest BCUT2D eigenvalue weighted by Crippen LogP contribution is 2.14. The van der Waals surface area contributed by atoms with Crippen LogP contribution >= 0.6 is 33.9 Å². The van der Waals surface area contributed by atoms with E-state index in [0.29, 0.717) is 0 Å². The van der Waals surface area contributed by atoms with E-state index in [1.807, 2.05) is 5.38 Å². The first-order valence-electron chi connectivity index (χ1n) is 1.85. The summed E-state index contributed by atoms with van der Waals surface area (Å²) in [6.07, 6.45) is 0. The van der Waals surface area contributed by atoms with Gasteiger partial charge in [-0.1, -0.05) is 0 Å². The van der Waals surface area contributed by atoms with Crippen LogP contribution in [0.1, 0.15) is 5.56 Å². The molecule has 0 bridgehead atoms. The van der Waals surface area contributed by atoms with Gasteiger partial charge in [-0.2, -0.15) is 0 Å². The molecule has 0 saturated carbocycles. The molecule has 0 aliphatic heterocycles. The minimum atomic E-state index is 1.12. The summed E-state index contributed by atoms with van der Waals surface area (Å²) in [5.41, 5.74) is 1.12. The molecule has 7 heavy (non-hydrogen) atoms. The third-order valence-corrected chi connectivity index (χ3v) is 2.46. The van der Waals surface area contributed by atoms with Gasteiger partial charge in [0.1, 0.15) is 0 Å². The van der Waals surface area contributed by atoms with Crippen molar-refractivity contribution >= 4 is 33.9 Å². The van der Waals surface area contributed by atoms with Gasteiger partial charge in [0.2, 0.25) is 0 Å². The fraction of sp³-hybridized carbons (Fsp3) is 0. The molecule has 0 aliphatic rings. The Balaban J connectivity index is 3.04. The topological polar surface area (TPSA) is 0 Å². The van der Waals surface area contributed by atoms with E-state index in [0.717, 1.165) is 5.56 Å². The van der Waals surface area contributed by atoms with Crippen molar-refractivity contribution in [2.75, 3.05) is 0 Å². The van der Waals surface area contributed by atoms with Gasteiger partial charge in [-0.25, -0.2) is 0 Å². The molecule has 0 atom stereocenters. The van der Waals surface area contributed by atoms with Crippen molar-refractivity contribution in [3.8, 4) is 0 Å². The van der Waals surface area contributed by atoms with Crippen LogP contribution in [0.5, 0.6) is 0 Å². The predicted molar refractivity (Wildman–Crippen MR) is 41.5 cm³/mol. The van der Waals surface area contributed by atoms with Gasteiger partial charge in [0.25, 0.3) is 0 Å². The van der Waals surface area contributed by atoms with Gasteiger partial charge in [0.05, 0.1) is 2.88 Å². The fourth-order valence-corrected chi connectivity index (χ4v) is 1.68. The van der Waals surface area contributed by atoms with E-state index >= 15 is 0 Å². The lowest BCUT2D eigenvalue weighted by molar-refractivity contribution is 1.77. The Bertz CT molecular complexity index is 140. The van der Waals surface area contributed by atoms with Crippen LogP contribution in [0.4, 0.5) is 0 Å². The minimum Gasteiger partial charge on any atom is -0.137 e. The number of thiophene rings is 1. The highest BCUT2D eigenvalue weighted by Gasteiger charge is 1.86. The maximum absolute atomic E-state index is 3.75. The van der Waals surface area contributed by atoms with E-state index in [1.165, 1.54) is 2.88 Å². The zero-order valence-corrected chi connectivity index (χ0v) is 6.62. The van der Waals surface area contributed by atoms with E-state index in [-0.39, 0.29) is 0 Å². The van der Waals surface area contributed by atoms with Crippen molar-refractivity contribution in [3.63, 3.8) is 0 Å². The average molecular weight is 223 g/mol. The summed E-state index contributed by atoms with van der Waals surface area (Å²) in [6, 6.07) is 2.06. The van der Waals surface area contributed by atoms with Gasteiger partial charge in [0.15, 0.2) is 0 Å².